The van der Waals surface area contributed by atoms with Gasteiger partial charge in [-0.3, -0.25) is 4.79 Å². The van der Waals surface area contributed by atoms with E-state index in [4.69, 9.17) is 9.84 Å². The molecule has 0 fully saturated rings. The number of fused-ring (bicyclic) bond motifs is 3. The Morgan fingerprint density at radius 3 is 2.00 bits per heavy atom. The lowest BCUT2D eigenvalue weighted by Crippen LogP contribution is -2.51. The molecule has 3 atom stereocenters. The molecule has 34 heavy (non-hydrogen) atoms. The van der Waals surface area contributed by atoms with Crippen molar-refractivity contribution in [3.63, 3.8) is 0 Å². The minimum absolute atomic E-state index is 0.0764. The number of carboxylic acid groups (broad SMARTS) is 1. The average Bonchev–Trinajstić information content (AvgIpc) is 3.11. The van der Waals surface area contributed by atoms with Crippen molar-refractivity contribution in [3.8, 4) is 11.1 Å². The standard InChI is InChI=1S/C26H32N2O6/c1-15(2)23(24(30)28-22(12-13-29)25(31)32)16(3)27-26(33)34-14-21-19-10-6-4-8-17(19)18-9-5-7-11-20(18)21/h4-11,15-16,21-23,29H,12-14H2,1-3H3,(H,27,33)(H,28,30)(H,31,32)/t16?,22-,23?/m0/s1. The Kier molecular flexibility index (Phi) is 8.28. The Balaban J connectivity index is 1.63. The van der Waals surface area contributed by atoms with Crippen LogP contribution in [0.1, 0.15) is 44.2 Å². The summed E-state index contributed by atoms with van der Waals surface area (Å²) in [4.78, 5) is 36.8. The maximum atomic E-state index is 12.8. The molecular formula is C26H32N2O6. The van der Waals surface area contributed by atoms with Crippen LogP contribution in [0.4, 0.5) is 4.79 Å². The monoisotopic (exact) mass is 468 g/mol. The smallest absolute Gasteiger partial charge is 0.407 e. The molecule has 2 amide bonds. The lowest BCUT2D eigenvalue weighted by atomic mass is 9.88. The molecule has 1 aliphatic rings. The molecule has 182 valence electrons. The first-order valence-electron chi connectivity index (χ1n) is 11.5. The maximum Gasteiger partial charge on any atom is 0.407 e. The molecular weight excluding hydrogens is 436 g/mol. The van der Waals surface area contributed by atoms with Gasteiger partial charge in [0.15, 0.2) is 0 Å². The topological polar surface area (TPSA) is 125 Å². The zero-order valence-corrected chi connectivity index (χ0v) is 19.7. The van der Waals surface area contributed by atoms with Gasteiger partial charge in [0.1, 0.15) is 12.6 Å². The summed E-state index contributed by atoms with van der Waals surface area (Å²) in [5.41, 5.74) is 4.47. The third-order valence-electron chi connectivity index (χ3n) is 6.28. The molecule has 0 radical (unpaired) electrons. The van der Waals surface area contributed by atoms with Crippen LogP contribution in [-0.2, 0) is 14.3 Å². The van der Waals surface area contributed by atoms with E-state index in [1.165, 1.54) is 0 Å². The van der Waals surface area contributed by atoms with Crippen molar-refractivity contribution in [2.75, 3.05) is 13.2 Å². The number of carbonyl (C=O) groups is 3. The summed E-state index contributed by atoms with van der Waals surface area (Å²) in [6.07, 6.45) is -0.738. The Bertz CT molecular complexity index is 992. The Morgan fingerprint density at radius 2 is 1.50 bits per heavy atom. The van der Waals surface area contributed by atoms with Crippen LogP contribution in [-0.4, -0.2) is 53.5 Å². The normalized spacial score (nSPS) is 15.1. The Labute approximate surface area is 199 Å². The molecule has 4 N–H and O–H groups in total. The summed E-state index contributed by atoms with van der Waals surface area (Å²) in [6.45, 7) is 5.12. The molecule has 8 heteroatoms. The molecule has 8 nitrogen and oxygen atoms in total. The highest BCUT2D eigenvalue weighted by Crippen LogP contribution is 2.44. The Morgan fingerprint density at radius 1 is 0.941 bits per heavy atom. The van der Waals surface area contributed by atoms with Crippen LogP contribution < -0.4 is 10.6 Å². The van der Waals surface area contributed by atoms with Gasteiger partial charge in [0.2, 0.25) is 5.91 Å². The lowest BCUT2D eigenvalue weighted by Gasteiger charge is -2.28. The number of rotatable bonds is 10. The zero-order chi connectivity index (χ0) is 24.8. The minimum atomic E-state index is -1.22. The molecule has 0 saturated heterocycles. The third-order valence-corrected chi connectivity index (χ3v) is 6.28. The van der Waals surface area contributed by atoms with Crippen LogP contribution in [0, 0.1) is 11.8 Å². The highest BCUT2D eigenvalue weighted by molar-refractivity contribution is 5.86. The number of amides is 2. The molecule has 0 aliphatic heterocycles. The van der Waals surface area contributed by atoms with Crippen molar-refractivity contribution in [1.82, 2.24) is 10.6 Å². The number of aliphatic hydroxyl groups excluding tert-OH is 1. The fourth-order valence-electron chi connectivity index (χ4n) is 4.68. The fraction of sp³-hybridized carbons (Fsp3) is 0.423. The van der Waals surface area contributed by atoms with Crippen molar-refractivity contribution in [2.24, 2.45) is 11.8 Å². The third kappa shape index (κ3) is 5.56. The number of aliphatic hydroxyl groups is 1. The first kappa shape index (κ1) is 25.2. The van der Waals surface area contributed by atoms with E-state index in [1.54, 1.807) is 6.92 Å². The van der Waals surface area contributed by atoms with Gasteiger partial charge in [0.25, 0.3) is 0 Å². The van der Waals surface area contributed by atoms with E-state index < -0.39 is 36.0 Å². The van der Waals surface area contributed by atoms with Gasteiger partial charge in [0, 0.05) is 25.0 Å². The second-order valence-corrected chi connectivity index (χ2v) is 8.94. The van der Waals surface area contributed by atoms with E-state index in [-0.39, 0.29) is 31.5 Å². The summed E-state index contributed by atoms with van der Waals surface area (Å²) < 4.78 is 5.57. The van der Waals surface area contributed by atoms with Crippen molar-refractivity contribution >= 4 is 18.0 Å². The second kappa shape index (κ2) is 11.2. The van der Waals surface area contributed by atoms with Crippen molar-refractivity contribution in [3.05, 3.63) is 59.7 Å². The summed E-state index contributed by atoms with van der Waals surface area (Å²) in [7, 11) is 0. The molecule has 0 aromatic heterocycles. The molecule has 2 aromatic carbocycles. The van der Waals surface area contributed by atoms with Crippen molar-refractivity contribution < 1.29 is 29.3 Å². The van der Waals surface area contributed by atoms with Crippen LogP contribution in [0.2, 0.25) is 0 Å². The molecule has 0 bridgehead atoms. The number of hydrogen-bond acceptors (Lipinski definition) is 5. The van der Waals surface area contributed by atoms with Crippen LogP contribution in [0.15, 0.2) is 48.5 Å². The molecule has 3 rings (SSSR count). The molecule has 0 spiro atoms. The number of nitrogens with one attached hydrogen (secondary N) is 2. The SMILES string of the molecule is CC(C)C(C(=O)N[C@@H](CCO)C(=O)O)C(C)NC(=O)OCC1c2ccccc2-c2ccccc21. The number of carbonyl (C=O) groups excluding carboxylic acids is 2. The molecule has 2 unspecified atom stereocenters. The predicted molar refractivity (Wildman–Crippen MR) is 127 cm³/mol. The summed E-state index contributed by atoms with van der Waals surface area (Å²) >= 11 is 0. The van der Waals surface area contributed by atoms with Gasteiger partial charge in [-0.15, -0.1) is 0 Å². The van der Waals surface area contributed by atoms with Crippen LogP contribution in [0.5, 0.6) is 0 Å². The second-order valence-electron chi connectivity index (χ2n) is 8.94. The maximum absolute atomic E-state index is 12.8. The molecule has 0 saturated carbocycles. The van der Waals surface area contributed by atoms with Crippen molar-refractivity contribution in [1.29, 1.82) is 0 Å². The Hall–Kier alpha value is -3.39. The summed E-state index contributed by atoms with van der Waals surface area (Å²) in [6, 6.07) is 14.3. The first-order chi connectivity index (χ1) is 16.2. The number of hydrogen-bond donors (Lipinski definition) is 4. The van der Waals surface area contributed by atoms with Crippen LogP contribution >= 0.6 is 0 Å². The van der Waals surface area contributed by atoms with Gasteiger partial charge < -0.3 is 25.6 Å². The molecule has 0 heterocycles. The van der Waals surface area contributed by atoms with Crippen LogP contribution in [0.3, 0.4) is 0 Å². The highest BCUT2D eigenvalue weighted by atomic mass is 16.5. The van der Waals surface area contributed by atoms with Gasteiger partial charge in [-0.25, -0.2) is 9.59 Å². The van der Waals surface area contributed by atoms with E-state index in [1.807, 2.05) is 50.2 Å². The van der Waals surface area contributed by atoms with Gasteiger partial charge in [-0.2, -0.15) is 0 Å². The van der Waals surface area contributed by atoms with Crippen LogP contribution in [0.25, 0.3) is 11.1 Å². The quantitative estimate of drug-likeness (QED) is 0.425. The number of carboxylic acids is 1. The van der Waals surface area contributed by atoms with Gasteiger partial charge in [-0.05, 0) is 35.1 Å². The molecule has 2 aromatic rings. The van der Waals surface area contributed by atoms with E-state index in [0.29, 0.717) is 0 Å². The number of ether oxygens (including phenoxy) is 1. The number of aliphatic carboxylic acids is 1. The lowest BCUT2D eigenvalue weighted by molar-refractivity contribution is -0.143. The zero-order valence-electron chi connectivity index (χ0n) is 19.7. The highest BCUT2D eigenvalue weighted by Gasteiger charge is 2.33. The summed E-state index contributed by atoms with van der Waals surface area (Å²) in [5, 5.41) is 23.5. The number of alkyl carbamates (subject to hydrolysis) is 1. The van der Waals surface area contributed by atoms with Gasteiger partial charge >= 0.3 is 12.1 Å². The minimum Gasteiger partial charge on any atom is -0.480 e. The van der Waals surface area contributed by atoms with E-state index in [0.717, 1.165) is 22.3 Å². The first-order valence-corrected chi connectivity index (χ1v) is 11.5. The van der Waals surface area contributed by atoms with Gasteiger partial charge in [0.05, 0.1) is 5.92 Å². The van der Waals surface area contributed by atoms with E-state index in [2.05, 4.69) is 22.8 Å². The van der Waals surface area contributed by atoms with Crippen molar-refractivity contribution in [2.45, 2.75) is 45.2 Å². The van der Waals surface area contributed by atoms with Gasteiger partial charge in [-0.1, -0.05) is 62.4 Å². The number of benzene rings is 2. The van der Waals surface area contributed by atoms with E-state index in [9.17, 15) is 19.5 Å². The van der Waals surface area contributed by atoms with E-state index >= 15 is 0 Å². The largest absolute Gasteiger partial charge is 0.480 e. The summed E-state index contributed by atoms with van der Waals surface area (Å²) in [5.74, 6) is -2.65. The fourth-order valence-corrected chi connectivity index (χ4v) is 4.68. The molecule has 1 aliphatic carbocycles. The predicted octanol–water partition coefficient (Wildman–Crippen LogP) is 3.14. The average molecular weight is 469 g/mol.